The molecule has 0 N–H and O–H groups in total. The highest BCUT2D eigenvalue weighted by Crippen LogP contribution is 2.26. The molecule has 0 aliphatic rings. The number of methoxy groups -OCH3 is 1. The molecular formula is C11H9BrN2O. The molecule has 0 saturated heterocycles. The van der Waals surface area contributed by atoms with Crippen LogP contribution >= 0.6 is 15.9 Å². The second kappa shape index (κ2) is 4.40. The third-order valence-electron chi connectivity index (χ3n) is 2.03. The van der Waals surface area contributed by atoms with Crippen molar-refractivity contribution in [1.82, 2.24) is 9.97 Å². The zero-order valence-electron chi connectivity index (χ0n) is 8.14. The van der Waals surface area contributed by atoms with Crippen molar-refractivity contribution in [3.8, 4) is 17.0 Å². The Balaban J connectivity index is 2.42. The lowest BCUT2D eigenvalue weighted by molar-refractivity contribution is 0.415. The standard InChI is InChI=1S/C11H9BrN2O/c1-15-9-4-2-8(3-5-9)11-10(12)6-13-7-14-11/h2-7H,1H3. The summed E-state index contributed by atoms with van der Waals surface area (Å²) in [6.45, 7) is 0. The molecule has 1 aromatic heterocycles. The minimum absolute atomic E-state index is 0.837. The first-order chi connectivity index (χ1) is 7.31. The Bertz CT molecular complexity index is 456. The zero-order valence-corrected chi connectivity index (χ0v) is 9.73. The van der Waals surface area contributed by atoms with Crippen LogP contribution in [0.15, 0.2) is 41.3 Å². The highest BCUT2D eigenvalue weighted by molar-refractivity contribution is 9.10. The van der Waals surface area contributed by atoms with Crippen molar-refractivity contribution in [2.45, 2.75) is 0 Å². The van der Waals surface area contributed by atoms with E-state index in [4.69, 9.17) is 4.74 Å². The van der Waals surface area contributed by atoms with Crippen LogP contribution in [0.3, 0.4) is 0 Å². The molecule has 15 heavy (non-hydrogen) atoms. The summed E-state index contributed by atoms with van der Waals surface area (Å²) in [7, 11) is 1.65. The van der Waals surface area contributed by atoms with Crippen molar-refractivity contribution in [2.24, 2.45) is 0 Å². The maximum absolute atomic E-state index is 5.09. The van der Waals surface area contributed by atoms with Crippen molar-refractivity contribution in [1.29, 1.82) is 0 Å². The van der Waals surface area contributed by atoms with Gasteiger partial charge in [-0.1, -0.05) is 0 Å². The molecule has 0 aliphatic carbocycles. The van der Waals surface area contributed by atoms with Gasteiger partial charge in [0.15, 0.2) is 0 Å². The Labute approximate surface area is 96.3 Å². The van der Waals surface area contributed by atoms with E-state index in [-0.39, 0.29) is 0 Å². The smallest absolute Gasteiger partial charge is 0.118 e. The molecule has 3 nitrogen and oxygen atoms in total. The van der Waals surface area contributed by atoms with Crippen molar-refractivity contribution in [2.75, 3.05) is 7.11 Å². The summed E-state index contributed by atoms with van der Waals surface area (Å²) in [5.74, 6) is 0.837. The summed E-state index contributed by atoms with van der Waals surface area (Å²) in [6.07, 6.45) is 3.26. The van der Waals surface area contributed by atoms with Crippen LogP contribution in [0.25, 0.3) is 11.3 Å². The normalized spacial score (nSPS) is 10.0. The van der Waals surface area contributed by atoms with Gasteiger partial charge < -0.3 is 4.74 Å². The summed E-state index contributed by atoms with van der Waals surface area (Å²) < 4.78 is 5.98. The zero-order chi connectivity index (χ0) is 10.7. The molecular weight excluding hydrogens is 256 g/mol. The second-order valence-corrected chi connectivity index (χ2v) is 3.80. The summed E-state index contributed by atoms with van der Waals surface area (Å²) in [5, 5.41) is 0. The van der Waals surface area contributed by atoms with Crippen LogP contribution in [0.5, 0.6) is 5.75 Å². The van der Waals surface area contributed by atoms with Gasteiger partial charge in [-0.2, -0.15) is 0 Å². The van der Waals surface area contributed by atoms with E-state index in [1.807, 2.05) is 24.3 Å². The molecule has 2 aromatic rings. The van der Waals surface area contributed by atoms with Gasteiger partial charge in [-0.25, -0.2) is 9.97 Å². The molecule has 2 rings (SSSR count). The average molecular weight is 265 g/mol. The lowest BCUT2D eigenvalue weighted by Crippen LogP contribution is -1.87. The maximum atomic E-state index is 5.09. The van der Waals surface area contributed by atoms with Crippen LogP contribution in [-0.4, -0.2) is 17.1 Å². The van der Waals surface area contributed by atoms with E-state index in [0.717, 1.165) is 21.5 Å². The SMILES string of the molecule is COc1ccc(-c2ncncc2Br)cc1. The van der Waals surface area contributed by atoms with Gasteiger partial charge in [0.05, 0.1) is 17.3 Å². The molecule has 0 saturated carbocycles. The largest absolute Gasteiger partial charge is 0.497 e. The number of ether oxygens (including phenoxy) is 1. The van der Waals surface area contributed by atoms with Gasteiger partial charge in [0.1, 0.15) is 12.1 Å². The fraction of sp³-hybridized carbons (Fsp3) is 0.0909. The van der Waals surface area contributed by atoms with Crippen LogP contribution in [0.1, 0.15) is 0 Å². The predicted octanol–water partition coefficient (Wildman–Crippen LogP) is 2.91. The van der Waals surface area contributed by atoms with E-state index in [2.05, 4.69) is 25.9 Å². The second-order valence-electron chi connectivity index (χ2n) is 2.95. The van der Waals surface area contributed by atoms with Crippen molar-refractivity contribution in [3.05, 3.63) is 41.3 Å². The fourth-order valence-corrected chi connectivity index (χ4v) is 1.72. The maximum Gasteiger partial charge on any atom is 0.118 e. The van der Waals surface area contributed by atoms with Gasteiger partial charge in [-0.05, 0) is 40.2 Å². The highest BCUT2D eigenvalue weighted by atomic mass is 79.9. The Morgan fingerprint density at radius 2 is 1.93 bits per heavy atom. The van der Waals surface area contributed by atoms with Crippen LogP contribution in [0.4, 0.5) is 0 Å². The number of hydrogen-bond acceptors (Lipinski definition) is 3. The third-order valence-corrected chi connectivity index (χ3v) is 2.61. The lowest BCUT2D eigenvalue weighted by atomic mass is 10.1. The molecule has 0 amide bonds. The molecule has 0 aliphatic heterocycles. The molecule has 0 atom stereocenters. The molecule has 4 heteroatoms. The summed E-state index contributed by atoms with van der Waals surface area (Å²) in [4.78, 5) is 8.13. The molecule has 1 aromatic carbocycles. The molecule has 76 valence electrons. The average Bonchev–Trinajstić information content (AvgIpc) is 2.30. The monoisotopic (exact) mass is 264 g/mol. The number of halogens is 1. The molecule has 1 heterocycles. The molecule has 0 bridgehead atoms. The van der Waals surface area contributed by atoms with E-state index in [1.54, 1.807) is 13.3 Å². The number of aromatic nitrogens is 2. The molecule has 0 unspecified atom stereocenters. The number of benzene rings is 1. The first-order valence-electron chi connectivity index (χ1n) is 4.41. The minimum Gasteiger partial charge on any atom is -0.497 e. The van der Waals surface area contributed by atoms with E-state index >= 15 is 0 Å². The molecule has 0 spiro atoms. The van der Waals surface area contributed by atoms with E-state index in [9.17, 15) is 0 Å². The number of hydrogen-bond donors (Lipinski definition) is 0. The third kappa shape index (κ3) is 2.15. The van der Waals surface area contributed by atoms with Gasteiger partial charge in [0.25, 0.3) is 0 Å². The quantitative estimate of drug-likeness (QED) is 0.837. The van der Waals surface area contributed by atoms with Gasteiger partial charge in [0.2, 0.25) is 0 Å². The topological polar surface area (TPSA) is 35.0 Å². The Kier molecular flexibility index (Phi) is 2.97. The van der Waals surface area contributed by atoms with Gasteiger partial charge >= 0.3 is 0 Å². The van der Waals surface area contributed by atoms with Crippen molar-refractivity contribution in [3.63, 3.8) is 0 Å². The Morgan fingerprint density at radius 3 is 2.53 bits per heavy atom. The first kappa shape index (κ1) is 10.1. The lowest BCUT2D eigenvalue weighted by Gasteiger charge is -2.04. The minimum atomic E-state index is 0.837. The van der Waals surface area contributed by atoms with Crippen LogP contribution in [0, 0.1) is 0 Å². The van der Waals surface area contributed by atoms with Gasteiger partial charge in [-0.15, -0.1) is 0 Å². The van der Waals surface area contributed by atoms with Crippen molar-refractivity contribution >= 4 is 15.9 Å². The first-order valence-corrected chi connectivity index (χ1v) is 5.20. The van der Waals surface area contributed by atoms with Gasteiger partial charge in [-0.3, -0.25) is 0 Å². The van der Waals surface area contributed by atoms with Crippen LogP contribution < -0.4 is 4.74 Å². The van der Waals surface area contributed by atoms with Gasteiger partial charge in [0, 0.05) is 11.8 Å². The Hall–Kier alpha value is -1.42. The van der Waals surface area contributed by atoms with Crippen LogP contribution in [0.2, 0.25) is 0 Å². The fourth-order valence-electron chi connectivity index (χ4n) is 1.27. The predicted molar refractivity (Wildman–Crippen MR) is 61.7 cm³/mol. The summed E-state index contributed by atoms with van der Waals surface area (Å²) in [5.41, 5.74) is 1.91. The summed E-state index contributed by atoms with van der Waals surface area (Å²) in [6, 6.07) is 7.74. The molecule has 0 fully saturated rings. The van der Waals surface area contributed by atoms with E-state index < -0.39 is 0 Å². The van der Waals surface area contributed by atoms with Crippen LogP contribution in [-0.2, 0) is 0 Å². The molecule has 0 radical (unpaired) electrons. The van der Waals surface area contributed by atoms with E-state index in [0.29, 0.717) is 0 Å². The van der Waals surface area contributed by atoms with E-state index in [1.165, 1.54) is 6.33 Å². The Morgan fingerprint density at radius 1 is 1.20 bits per heavy atom. The van der Waals surface area contributed by atoms with Crippen molar-refractivity contribution < 1.29 is 4.74 Å². The number of nitrogens with zero attached hydrogens (tertiary/aromatic N) is 2. The highest BCUT2D eigenvalue weighted by Gasteiger charge is 2.03. The summed E-state index contributed by atoms with van der Waals surface area (Å²) >= 11 is 3.41. The number of rotatable bonds is 2.